The van der Waals surface area contributed by atoms with Crippen molar-refractivity contribution < 1.29 is 9.53 Å². The van der Waals surface area contributed by atoms with Crippen LogP contribution in [-0.4, -0.2) is 54.6 Å². The number of H-pyrrole nitrogens is 1. The van der Waals surface area contributed by atoms with Gasteiger partial charge in [0, 0.05) is 30.0 Å². The zero-order valence-corrected chi connectivity index (χ0v) is 28.3. The molecule has 1 saturated heterocycles. The van der Waals surface area contributed by atoms with Gasteiger partial charge in [0.1, 0.15) is 21.6 Å². The van der Waals surface area contributed by atoms with Crippen LogP contribution in [-0.2, 0) is 10.3 Å². The van der Waals surface area contributed by atoms with Crippen molar-refractivity contribution in [2.24, 2.45) is 0 Å². The van der Waals surface area contributed by atoms with E-state index in [1.54, 1.807) is 4.90 Å². The molecule has 0 unspecified atom stereocenters. The van der Waals surface area contributed by atoms with Crippen molar-refractivity contribution in [1.82, 2.24) is 29.9 Å². The van der Waals surface area contributed by atoms with Gasteiger partial charge in [-0.05, 0) is 84.4 Å². The number of ether oxygens (including phenoxy) is 1. The van der Waals surface area contributed by atoms with Gasteiger partial charge in [-0.2, -0.15) is 10.2 Å². The van der Waals surface area contributed by atoms with E-state index >= 15 is 0 Å². The number of nitrogens with zero attached hydrogens (tertiary/aromatic N) is 5. The van der Waals surface area contributed by atoms with Gasteiger partial charge in [0.2, 0.25) is 0 Å². The molecule has 4 aromatic carbocycles. The Balaban J connectivity index is 1.29. The number of rotatable bonds is 6. The second-order valence-electron chi connectivity index (χ2n) is 13.1. The molecule has 0 radical (unpaired) electrons. The smallest absolute Gasteiger partial charge is 0.410 e. The van der Waals surface area contributed by atoms with Gasteiger partial charge in [0.05, 0.1) is 5.52 Å². The topological polar surface area (TPSA) is 88.9 Å². The third-order valence-electron chi connectivity index (χ3n) is 8.75. The maximum atomic E-state index is 12.8. The van der Waals surface area contributed by atoms with Crippen molar-refractivity contribution in [3.63, 3.8) is 0 Å². The van der Waals surface area contributed by atoms with Gasteiger partial charge in [-0.3, -0.25) is 5.10 Å². The first kappa shape index (κ1) is 30.9. The number of aromatic amines is 1. The lowest BCUT2D eigenvalue weighted by Gasteiger charge is -2.37. The highest BCUT2D eigenvalue weighted by atomic mass is 79.9. The number of piperidine rings is 1. The molecule has 3 heterocycles. The molecule has 7 rings (SSSR count). The molecule has 47 heavy (non-hydrogen) atoms. The molecule has 238 valence electrons. The molecule has 8 nitrogen and oxygen atoms in total. The monoisotopic (exact) mass is 688 g/mol. The molecule has 1 amide bonds. The van der Waals surface area contributed by atoms with E-state index in [4.69, 9.17) is 14.8 Å². The first-order valence-corrected chi connectivity index (χ1v) is 16.8. The van der Waals surface area contributed by atoms with Crippen LogP contribution in [0.2, 0.25) is 0 Å². The minimum atomic E-state index is -0.742. The average Bonchev–Trinajstić information content (AvgIpc) is 3.71. The van der Waals surface area contributed by atoms with Crippen LogP contribution in [0.25, 0.3) is 22.3 Å². The molecule has 1 atom stereocenters. The van der Waals surface area contributed by atoms with Gasteiger partial charge in [-0.15, -0.1) is 0 Å². The number of nitrogens with one attached hydrogen (secondary N) is 1. The predicted molar refractivity (Wildman–Crippen MR) is 187 cm³/mol. The first-order chi connectivity index (χ1) is 22.7. The summed E-state index contributed by atoms with van der Waals surface area (Å²) in [6.07, 6.45) is 1.52. The van der Waals surface area contributed by atoms with Crippen LogP contribution in [0.5, 0.6) is 0 Å². The van der Waals surface area contributed by atoms with Crippen molar-refractivity contribution in [2.75, 3.05) is 13.1 Å². The molecule has 6 aromatic rings. The number of hydrogen-bond acceptors (Lipinski definition) is 5. The van der Waals surface area contributed by atoms with Crippen molar-refractivity contribution in [2.45, 2.75) is 50.7 Å². The lowest BCUT2D eigenvalue weighted by atomic mass is 9.77. The Hall–Kier alpha value is -4.76. The molecule has 0 aliphatic carbocycles. The normalized spacial score (nSPS) is 15.6. The lowest BCUT2D eigenvalue weighted by molar-refractivity contribution is 0.0196. The summed E-state index contributed by atoms with van der Waals surface area (Å²) in [5.74, 6) is 1.44. The van der Waals surface area contributed by atoms with E-state index in [0.717, 1.165) is 56.4 Å². The van der Waals surface area contributed by atoms with Crippen molar-refractivity contribution in [3.05, 3.63) is 136 Å². The fraction of sp³-hybridized carbons (Fsp3) is 0.263. The Kier molecular flexibility index (Phi) is 8.18. The predicted octanol–water partition coefficient (Wildman–Crippen LogP) is 8.54. The van der Waals surface area contributed by atoms with Crippen LogP contribution >= 0.6 is 15.9 Å². The Labute approximate surface area is 282 Å². The number of carbonyl (C=O) groups excluding carboxylic acids is 1. The number of likely N-dealkylation sites (tertiary alicyclic amines) is 1. The molecule has 1 N–H and O–H groups in total. The van der Waals surface area contributed by atoms with Gasteiger partial charge in [-0.1, -0.05) is 91.0 Å². The van der Waals surface area contributed by atoms with E-state index in [2.05, 4.69) is 122 Å². The van der Waals surface area contributed by atoms with Gasteiger partial charge < -0.3 is 9.64 Å². The zero-order valence-electron chi connectivity index (χ0n) is 26.7. The SMILES string of the molecule is CC(C)(C)OC(=O)N1CCC[C@@H](c2nc(-c3ccc4c(c3)c(Br)nn4C(c3ccccc3)(c3ccccc3)c3ccccc3)n[nH]2)C1. The summed E-state index contributed by atoms with van der Waals surface area (Å²) in [7, 11) is 0. The summed E-state index contributed by atoms with van der Waals surface area (Å²) in [4.78, 5) is 19.5. The van der Waals surface area contributed by atoms with Gasteiger partial charge in [-0.25, -0.2) is 14.5 Å². The van der Waals surface area contributed by atoms with Crippen LogP contribution in [0.4, 0.5) is 4.79 Å². The second-order valence-corrected chi connectivity index (χ2v) is 13.8. The highest BCUT2D eigenvalue weighted by Crippen LogP contribution is 2.43. The van der Waals surface area contributed by atoms with Crippen LogP contribution < -0.4 is 0 Å². The molecule has 1 aliphatic rings. The van der Waals surface area contributed by atoms with Gasteiger partial charge >= 0.3 is 6.09 Å². The van der Waals surface area contributed by atoms with Gasteiger partial charge in [0.15, 0.2) is 5.82 Å². The van der Waals surface area contributed by atoms with E-state index < -0.39 is 11.1 Å². The fourth-order valence-electron chi connectivity index (χ4n) is 6.66. The molecule has 1 aliphatic heterocycles. The number of carbonyl (C=O) groups is 1. The summed E-state index contributed by atoms with van der Waals surface area (Å²) in [6.45, 7) is 6.88. The highest BCUT2D eigenvalue weighted by molar-refractivity contribution is 9.10. The average molecular weight is 690 g/mol. The first-order valence-electron chi connectivity index (χ1n) is 16.0. The Morgan fingerprint density at radius 1 is 0.872 bits per heavy atom. The number of halogens is 1. The Morgan fingerprint density at radius 2 is 1.47 bits per heavy atom. The van der Waals surface area contributed by atoms with E-state index in [9.17, 15) is 4.79 Å². The van der Waals surface area contributed by atoms with E-state index in [1.165, 1.54) is 0 Å². The summed E-state index contributed by atoms with van der Waals surface area (Å²) >= 11 is 3.81. The Morgan fingerprint density at radius 3 is 2.04 bits per heavy atom. The molecule has 1 fully saturated rings. The molecular weight excluding hydrogens is 652 g/mol. The highest BCUT2D eigenvalue weighted by Gasteiger charge is 2.41. The molecule has 9 heteroatoms. The zero-order chi connectivity index (χ0) is 32.6. The third-order valence-corrected chi connectivity index (χ3v) is 9.33. The van der Waals surface area contributed by atoms with Crippen molar-refractivity contribution in [3.8, 4) is 11.4 Å². The largest absolute Gasteiger partial charge is 0.444 e. The third kappa shape index (κ3) is 5.84. The minimum Gasteiger partial charge on any atom is -0.444 e. The number of hydrogen-bond donors (Lipinski definition) is 1. The summed E-state index contributed by atoms with van der Waals surface area (Å²) in [5, 5.41) is 13.9. The van der Waals surface area contributed by atoms with Crippen LogP contribution in [0, 0.1) is 0 Å². The van der Waals surface area contributed by atoms with Gasteiger partial charge in [0.25, 0.3) is 0 Å². The molecule has 2 aromatic heterocycles. The second kappa shape index (κ2) is 12.4. The van der Waals surface area contributed by atoms with E-state index in [1.807, 2.05) is 39.0 Å². The summed E-state index contributed by atoms with van der Waals surface area (Å²) in [6, 6.07) is 37.8. The standard InChI is InChI=1S/C38H37BrN6O2/c1-37(2,3)47-36(46)44-23-13-14-27(25-44)35-40-34(41-42-35)26-21-22-32-31(24-26)33(39)43-45(32)38(28-15-7-4-8-16-28,29-17-9-5-10-18-29)30-19-11-6-12-20-30/h4-12,15-22,24,27H,13-14,23,25H2,1-3H3,(H,40,41,42)/t27-/m1/s1. The number of aromatic nitrogens is 5. The number of benzene rings is 4. The van der Waals surface area contributed by atoms with E-state index in [0.29, 0.717) is 18.9 Å². The molecular formula is C38H37BrN6O2. The summed E-state index contributed by atoms with van der Waals surface area (Å²) in [5.41, 5.74) is 3.87. The fourth-order valence-corrected chi connectivity index (χ4v) is 7.14. The minimum absolute atomic E-state index is 0.0546. The molecule has 0 spiro atoms. The van der Waals surface area contributed by atoms with E-state index in [-0.39, 0.29) is 12.0 Å². The molecule has 0 bridgehead atoms. The van der Waals surface area contributed by atoms with Crippen LogP contribution in [0.1, 0.15) is 62.0 Å². The maximum Gasteiger partial charge on any atom is 0.410 e. The van der Waals surface area contributed by atoms with Crippen molar-refractivity contribution >= 4 is 32.9 Å². The Bertz CT molecular complexity index is 1900. The lowest BCUT2D eigenvalue weighted by Crippen LogP contribution is -2.42. The maximum absolute atomic E-state index is 12.8. The number of fused-ring (bicyclic) bond motifs is 1. The van der Waals surface area contributed by atoms with Crippen molar-refractivity contribution in [1.29, 1.82) is 0 Å². The summed E-state index contributed by atoms with van der Waals surface area (Å²) < 4.78 is 8.49. The molecule has 0 saturated carbocycles. The van der Waals surface area contributed by atoms with Crippen LogP contribution in [0.3, 0.4) is 0 Å². The quantitative estimate of drug-likeness (QED) is 0.177. The van der Waals surface area contributed by atoms with Crippen LogP contribution in [0.15, 0.2) is 114 Å². The number of amides is 1.